The highest BCUT2D eigenvalue weighted by Gasteiger charge is 2.45. The van der Waals surface area contributed by atoms with Crippen LogP contribution in [0.25, 0.3) is 33.1 Å². The third kappa shape index (κ3) is 6.48. The van der Waals surface area contributed by atoms with Crippen LogP contribution in [0.2, 0.25) is 0 Å². The lowest BCUT2D eigenvalue weighted by molar-refractivity contribution is 0.589. The second-order valence-corrected chi connectivity index (χ2v) is 22.0. The summed E-state index contributed by atoms with van der Waals surface area (Å²) in [5.74, 6) is 0. The molecule has 2 aliphatic rings. The van der Waals surface area contributed by atoms with Gasteiger partial charge in [0.2, 0.25) is 0 Å². The van der Waals surface area contributed by atoms with Crippen LogP contribution in [-0.2, 0) is 21.7 Å². The predicted molar refractivity (Wildman–Crippen MR) is 268 cm³/mol. The van der Waals surface area contributed by atoms with E-state index < -0.39 is 0 Å². The molecule has 0 saturated carbocycles. The molecule has 7 aromatic carbocycles. The van der Waals surface area contributed by atoms with Gasteiger partial charge in [0.25, 0.3) is 6.71 Å². The Kier molecular flexibility index (Phi) is 8.89. The lowest BCUT2D eigenvalue weighted by Gasteiger charge is -2.45. The largest absolute Gasteiger partial charge is 0.455 e. The zero-order valence-electron chi connectivity index (χ0n) is 38.7. The minimum Gasteiger partial charge on any atom is -0.455 e. The van der Waals surface area contributed by atoms with Gasteiger partial charge in [-0.05, 0) is 120 Å². The fourth-order valence-electron chi connectivity index (χ4n) is 9.79. The molecular weight excluding hydrogens is 751 g/mol. The zero-order chi connectivity index (χ0) is 43.7. The molecular formula is C58H59BN2O. The maximum atomic E-state index is 6.52. The molecule has 0 spiro atoms. The van der Waals surface area contributed by atoms with Crippen molar-refractivity contribution in [3.05, 3.63) is 162 Å². The van der Waals surface area contributed by atoms with Crippen molar-refractivity contribution in [3.63, 3.8) is 0 Å². The third-order valence-corrected chi connectivity index (χ3v) is 13.5. The average molecular weight is 811 g/mol. The van der Waals surface area contributed by atoms with Gasteiger partial charge in [0.1, 0.15) is 11.2 Å². The summed E-state index contributed by atoms with van der Waals surface area (Å²) in [7, 11) is 0. The van der Waals surface area contributed by atoms with Crippen molar-refractivity contribution >= 4 is 79.2 Å². The summed E-state index contributed by atoms with van der Waals surface area (Å²) in [6.07, 6.45) is 0. The fourth-order valence-corrected chi connectivity index (χ4v) is 9.79. The Morgan fingerprint density at radius 3 is 1.37 bits per heavy atom. The van der Waals surface area contributed by atoms with Crippen molar-refractivity contribution in [2.45, 2.75) is 105 Å². The van der Waals surface area contributed by atoms with Gasteiger partial charge < -0.3 is 14.2 Å². The summed E-state index contributed by atoms with van der Waals surface area (Å²) < 4.78 is 6.52. The molecule has 0 N–H and O–H groups in total. The lowest BCUT2D eigenvalue weighted by Crippen LogP contribution is -2.61. The van der Waals surface area contributed by atoms with Gasteiger partial charge >= 0.3 is 0 Å². The molecule has 0 fully saturated rings. The standard InChI is InChI=1S/C58H59BN2O/c1-55(2,3)37-22-28-42(29-23-37)61-49-33-39(57(7,8)9)25-31-47(49)59-46-30-24-38(56(4,5)6)32-48(46)60(50-34-40(58(10,11)12)35-51(61)53(50)59)41-26-20-36(21-27-41)43-17-15-18-45-44-16-13-14-19-52(44)62-54(43)45/h13-35H,1-12H3. The van der Waals surface area contributed by atoms with Crippen molar-refractivity contribution in [1.29, 1.82) is 0 Å². The van der Waals surface area contributed by atoms with Crippen LogP contribution in [0.5, 0.6) is 0 Å². The van der Waals surface area contributed by atoms with E-state index in [4.69, 9.17) is 4.42 Å². The van der Waals surface area contributed by atoms with Crippen molar-refractivity contribution in [2.75, 3.05) is 9.80 Å². The number of fused-ring (bicyclic) bond motifs is 7. The van der Waals surface area contributed by atoms with Gasteiger partial charge in [0.15, 0.2) is 0 Å². The molecule has 8 aromatic rings. The summed E-state index contributed by atoms with van der Waals surface area (Å²) in [5, 5.41) is 2.29. The highest BCUT2D eigenvalue weighted by molar-refractivity contribution is 7.00. The highest BCUT2D eigenvalue weighted by atomic mass is 16.3. The third-order valence-electron chi connectivity index (χ3n) is 13.5. The van der Waals surface area contributed by atoms with Gasteiger partial charge in [0, 0.05) is 50.5 Å². The monoisotopic (exact) mass is 810 g/mol. The summed E-state index contributed by atoms with van der Waals surface area (Å²) in [5.41, 5.74) is 20.6. The van der Waals surface area contributed by atoms with Crippen molar-refractivity contribution in [1.82, 2.24) is 0 Å². The SMILES string of the molecule is CC(C)(C)c1ccc(N2c3cc(C(C)(C)C)ccc3B3c4ccc(C(C)(C)C)cc4N(c4ccc(-c5cccc6c5oc5ccccc56)cc4)c4cc(C(C)(C)C)cc2c43)cc1. The van der Waals surface area contributed by atoms with Gasteiger partial charge in [-0.3, -0.25) is 0 Å². The van der Waals surface area contributed by atoms with Crippen LogP contribution in [0.1, 0.15) is 105 Å². The molecule has 10 rings (SSSR count). The van der Waals surface area contributed by atoms with Gasteiger partial charge in [-0.1, -0.05) is 168 Å². The van der Waals surface area contributed by atoms with E-state index in [1.807, 2.05) is 6.07 Å². The minimum atomic E-state index is -0.106. The molecule has 0 amide bonds. The topological polar surface area (TPSA) is 19.6 Å². The number of para-hydroxylation sites is 2. The van der Waals surface area contributed by atoms with Crippen LogP contribution < -0.4 is 26.2 Å². The Hall–Kier alpha value is -6.00. The molecule has 0 saturated heterocycles. The normalized spacial score (nSPS) is 14.0. The minimum absolute atomic E-state index is 0.0134. The van der Waals surface area contributed by atoms with Crippen molar-refractivity contribution in [3.8, 4) is 11.1 Å². The molecule has 2 aliphatic heterocycles. The van der Waals surface area contributed by atoms with E-state index in [-0.39, 0.29) is 28.4 Å². The smallest absolute Gasteiger partial charge is 0.252 e. The lowest BCUT2D eigenvalue weighted by atomic mass is 9.33. The Morgan fingerprint density at radius 2 is 0.855 bits per heavy atom. The Balaban J connectivity index is 1.24. The first-order valence-electron chi connectivity index (χ1n) is 22.5. The number of anilines is 6. The zero-order valence-corrected chi connectivity index (χ0v) is 38.7. The predicted octanol–water partition coefficient (Wildman–Crippen LogP) is 14.5. The molecule has 310 valence electrons. The van der Waals surface area contributed by atoms with E-state index in [2.05, 4.69) is 226 Å². The summed E-state index contributed by atoms with van der Waals surface area (Å²) in [4.78, 5) is 5.14. The maximum Gasteiger partial charge on any atom is 0.252 e. The Morgan fingerprint density at radius 1 is 0.403 bits per heavy atom. The molecule has 1 aromatic heterocycles. The summed E-state index contributed by atoms with van der Waals surface area (Å²) >= 11 is 0. The highest BCUT2D eigenvalue weighted by Crippen LogP contribution is 2.48. The first kappa shape index (κ1) is 40.1. The van der Waals surface area contributed by atoms with Gasteiger partial charge in [-0.15, -0.1) is 0 Å². The number of benzene rings is 7. The number of rotatable bonds is 3. The van der Waals surface area contributed by atoms with Gasteiger partial charge in [-0.25, -0.2) is 0 Å². The van der Waals surface area contributed by atoms with Gasteiger partial charge in [-0.2, -0.15) is 0 Å². The molecule has 3 heterocycles. The van der Waals surface area contributed by atoms with E-state index in [1.165, 1.54) is 67.1 Å². The van der Waals surface area contributed by atoms with Crippen LogP contribution >= 0.6 is 0 Å². The second-order valence-electron chi connectivity index (χ2n) is 22.0. The maximum absolute atomic E-state index is 6.52. The van der Waals surface area contributed by atoms with E-state index in [0.717, 1.165) is 38.8 Å². The van der Waals surface area contributed by atoms with Crippen LogP contribution in [0, 0.1) is 0 Å². The number of hydrogen-bond donors (Lipinski definition) is 0. The van der Waals surface area contributed by atoms with Crippen LogP contribution in [0.3, 0.4) is 0 Å². The molecule has 4 heteroatoms. The van der Waals surface area contributed by atoms with Crippen molar-refractivity contribution in [2.24, 2.45) is 0 Å². The number of nitrogens with zero attached hydrogens (tertiary/aromatic N) is 2. The van der Waals surface area contributed by atoms with Gasteiger partial charge in [0.05, 0.1) is 0 Å². The Labute approximate surface area is 369 Å². The first-order chi connectivity index (χ1) is 29.3. The van der Waals surface area contributed by atoms with E-state index in [0.29, 0.717) is 0 Å². The van der Waals surface area contributed by atoms with Crippen LogP contribution in [0.15, 0.2) is 144 Å². The number of furan rings is 1. The molecule has 62 heavy (non-hydrogen) atoms. The number of hydrogen-bond acceptors (Lipinski definition) is 3. The summed E-state index contributed by atoms with van der Waals surface area (Å²) in [6.45, 7) is 27.9. The fraction of sp³-hybridized carbons (Fsp3) is 0.276. The molecule has 0 unspecified atom stereocenters. The summed E-state index contributed by atoms with van der Waals surface area (Å²) in [6, 6.07) is 53.0. The van der Waals surface area contributed by atoms with E-state index in [9.17, 15) is 0 Å². The van der Waals surface area contributed by atoms with Crippen LogP contribution in [0.4, 0.5) is 34.1 Å². The Bertz CT molecular complexity index is 3050. The first-order valence-corrected chi connectivity index (χ1v) is 22.5. The molecule has 3 nitrogen and oxygen atoms in total. The molecule has 0 atom stereocenters. The molecule has 0 aliphatic carbocycles. The molecule has 0 bridgehead atoms. The van der Waals surface area contributed by atoms with E-state index >= 15 is 0 Å². The van der Waals surface area contributed by atoms with Crippen molar-refractivity contribution < 1.29 is 4.42 Å². The quantitative estimate of drug-likeness (QED) is 0.166. The van der Waals surface area contributed by atoms with E-state index in [1.54, 1.807) is 0 Å². The average Bonchev–Trinajstić information content (AvgIpc) is 3.61. The molecule has 0 radical (unpaired) electrons. The second kappa shape index (κ2) is 13.8. The van der Waals surface area contributed by atoms with Crippen LogP contribution in [-0.4, -0.2) is 6.71 Å².